The third-order valence-electron chi connectivity index (χ3n) is 2.04. The Bertz CT molecular complexity index is 231. The van der Waals surface area contributed by atoms with Gasteiger partial charge in [-0.3, -0.25) is 9.69 Å². The van der Waals surface area contributed by atoms with E-state index in [0.717, 1.165) is 4.90 Å². The molecule has 1 unspecified atom stereocenters. The molecule has 0 amide bonds. The van der Waals surface area contributed by atoms with Gasteiger partial charge < -0.3 is 9.84 Å². The van der Waals surface area contributed by atoms with Crippen molar-refractivity contribution in [1.82, 2.24) is 4.90 Å². The summed E-state index contributed by atoms with van der Waals surface area (Å²) in [5, 5.41) is 8.83. The predicted molar refractivity (Wildman–Crippen MR) is 51.2 cm³/mol. The van der Waals surface area contributed by atoms with E-state index in [4.69, 9.17) is 5.11 Å². The number of nitrogens with zero attached hydrogens (tertiary/aromatic N) is 1. The number of ether oxygens (including phenoxy) is 1. The molecule has 0 aromatic heterocycles. The lowest BCUT2D eigenvalue weighted by atomic mass is 10.2. The molecule has 16 heavy (non-hydrogen) atoms. The van der Waals surface area contributed by atoms with Crippen LogP contribution in [0.4, 0.5) is 13.2 Å². The highest BCUT2D eigenvalue weighted by atomic mass is 19.4. The van der Waals surface area contributed by atoms with Gasteiger partial charge in [0.25, 0.3) is 0 Å². The van der Waals surface area contributed by atoms with Gasteiger partial charge in [0, 0.05) is 13.2 Å². The summed E-state index contributed by atoms with van der Waals surface area (Å²) in [5.41, 5.74) is 0. The number of halogens is 3. The van der Waals surface area contributed by atoms with Crippen molar-refractivity contribution in [2.75, 3.05) is 20.3 Å². The number of alkyl halides is 3. The lowest BCUT2D eigenvalue weighted by Gasteiger charge is -2.32. The van der Waals surface area contributed by atoms with Gasteiger partial charge in [0.2, 0.25) is 0 Å². The second-order valence-corrected chi connectivity index (χ2v) is 3.69. The zero-order chi connectivity index (χ0) is 12.9. The number of rotatable bonds is 6. The fraction of sp³-hybridized carbons (Fsp3) is 0.889. The van der Waals surface area contributed by atoms with E-state index in [2.05, 4.69) is 4.74 Å². The average molecular weight is 243 g/mol. The molecule has 0 aliphatic carbocycles. The SMILES string of the molecule is COCC(C(=O)O)N(CC(F)(F)F)C(C)C. The normalized spacial score (nSPS) is 14.5. The molecule has 0 aliphatic rings. The molecule has 0 rings (SSSR count). The first-order valence-electron chi connectivity index (χ1n) is 4.73. The maximum Gasteiger partial charge on any atom is 0.401 e. The molecular weight excluding hydrogens is 227 g/mol. The van der Waals surface area contributed by atoms with Crippen LogP contribution in [0.25, 0.3) is 0 Å². The molecule has 0 spiro atoms. The summed E-state index contributed by atoms with van der Waals surface area (Å²) in [5.74, 6) is -1.32. The van der Waals surface area contributed by atoms with Crippen LogP contribution in [0, 0.1) is 0 Å². The Morgan fingerprint density at radius 1 is 1.44 bits per heavy atom. The van der Waals surface area contributed by atoms with Crippen molar-refractivity contribution in [2.45, 2.75) is 32.1 Å². The smallest absolute Gasteiger partial charge is 0.401 e. The molecular formula is C9H16F3NO3. The monoisotopic (exact) mass is 243 g/mol. The van der Waals surface area contributed by atoms with Crippen LogP contribution in [0.5, 0.6) is 0 Å². The van der Waals surface area contributed by atoms with E-state index in [1.807, 2.05) is 0 Å². The van der Waals surface area contributed by atoms with Crippen molar-refractivity contribution in [2.24, 2.45) is 0 Å². The fourth-order valence-electron chi connectivity index (χ4n) is 1.33. The summed E-state index contributed by atoms with van der Waals surface area (Å²) in [7, 11) is 1.25. The minimum absolute atomic E-state index is 0.274. The van der Waals surface area contributed by atoms with Gasteiger partial charge in [-0.05, 0) is 13.8 Å². The van der Waals surface area contributed by atoms with Crippen LogP contribution in [-0.4, -0.2) is 54.5 Å². The van der Waals surface area contributed by atoms with Crippen molar-refractivity contribution in [1.29, 1.82) is 0 Å². The molecule has 0 saturated carbocycles. The lowest BCUT2D eigenvalue weighted by molar-refractivity contribution is -0.168. The Morgan fingerprint density at radius 3 is 2.19 bits per heavy atom. The molecule has 96 valence electrons. The Balaban J connectivity index is 4.78. The van der Waals surface area contributed by atoms with E-state index >= 15 is 0 Å². The molecule has 4 nitrogen and oxygen atoms in total. The van der Waals surface area contributed by atoms with Crippen LogP contribution in [0.1, 0.15) is 13.8 Å². The van der Waals surface area contributed by atoms with Crippen molar-refractivity contribution in [3.05, 3.63) is 0 Å². The molecule has 0 aromatic carbocycles. The summed E-state index contributed by atoms with van der Waals surface area (Å²) >= 11 is 0. The van der Waals surface area contributed by atoms with Crippen molar-refractivity contribution in [3.63, 3.8) is 0 Å². The van der Waals surface area contributed by atoms with Crippen molar-refractivity contribution >= 4 is 5.97 Å². The standard InChI is InChI=1S/C9H16F3NO3/c1-6(2)13(5-9(10,11)12)7(4-16-3)8(14)15/h6-7H,4-5H2,1-3H3,(H,14,15). The fourth-order valence-corrected chi connectivity index (χ4v) is 1.33. The van der Waals surface area contributed by atoms with Gasteiger partial charge in [-0.1, -0.05) is 0 Å². The summed E-state index contributed by atoms with van der Waals surface area (Å²) < 4.78 is 41.4. The number of carboxylic acid groups (broad SMARTS) is 1. The molecule has 7 heteroatoms. The first-order valence-corrected chi connectivity index (χ1v) is 4.73. The summed E-state index contributed by atoms with van der Waals surface area (Å²) in [4.78, 5) is 11.7. The second-order valence-electron chi connectivity index (χ2n) is 3.69. The third-order valence-corrected chi connectivity index (χ3v) is 2.04. The van der Waals surface area contributed by atoms with Crippen molar-refractivity contribution < 1.29 is 27.8 Å². The van der Waals surface area contributed by atoms with Crippen LogP contribution in [0.2, 0.25) is 0 Å². The number of carbonyl (C=O) groups is 1. The quantitative estimate of drug-likeness (QED) is 0.765. The number of carboxylic acids is 1. The van der Waals surface area contributed by atoms with Gasteiger partial charge in [0.05, 0.1) is 13.2 Å². The van der Waals surface area contributed by atoms with E-state index in [9.17, 15) is 18.0 Å². The summed E-state index contributed by atoms with van der Waals surface area (Å²) in [6.45, 7) is 1.49. The topological polar surface area (TPSA) is 49.8 Å². The minimum atomic E-state index is -4.42. The third kappa shape index (κ3) is 5.32. The Kier molecular flexibility index (Phi) is 5.74. The Labute approximate surface area is 92.0 Å². The lowest BCUT2D eigenvalue weighted by Crippen LogP contribution is -2.51. The van der Waals surface area contributed by atoms with Gasteiger partial charge in [-0.15, -0.1) is 0 Å². The zero-order valence-corrected chi connectivity index (χ0v) is 9.41. The summed E-state index contributed by atoms with van der Waals surface area (Å²) in [6, 6.07) is -1.82. The number of methoxy groups -OCH3 is 1. The molecule has 0 heterocycles. The van der Waals surface area contributed by atoms with E-state index in [-0.39, 0.29) is 6.61 Å². The van der Waals surface area contributed by atoms with Gasteiger partial charge >= 0.3 is 12.1 Å². The second kappa shape index (κ2) is 6.05. The molecule has 0 aliphatic heterocycles. The maximum atomic E-state index is 12.3. The number of hydrogen-bond acceptors (Lipinski definition) is 3. The largest absolute Gasteiger partial charge is 0.480 e. The highest BCUT2D eigenvalue weighted by molar-refractivity contribution is 5.73. The van der Waals surface area contributed by atoms with Gasteiger partial charge in [-0.25, -0.2) is 0 Å². The molecule has 1 atom stereocenters. The molecule has 0 bridgehead atoms. The molecule has 0 saturated heterocycles. The highest BCUT2D eigenvalue weighted by Crippen LogP contribution is 2.20. The van der Waals surface area contributed by atoms with E-state index in [1.54, 1.807) is 0 Å². The first-order chi connectivity index (χ1) is 7.19. The zero-order valence-electron chi connectivity index (χ0n) is 9.41. The summed E-state index contributed by atoms with van der Waals surface area (Å²) in [6.07, 6.45) is -4.42. The van der Waals surface area contributed by atoms with Crippen molar-refractivity contribution in [3.8, 4) is 0 Å². The number of aliphatic carboxylic acids is 1. The van der Waals surface area contributed by atoms with E-state index in [0.29, 0.717) is 0 Å². The van der Waals surface area contributed by atoms with E-state index in [1.165, 1.54) is 21.0 Å². The van der Waals surface area contributed by atoms with Gasteiger partial charge in [-0.2, -0.15) is 13.2 Å². The highest BCUT2D eigenvalue weighted by Gasteiger charge is 2.37. The number of hydrogen-bond donors (Lipinski definition) is 1. The molecule has 0 aromatic rings. The van der Waals surface area contributed by atoms with Crippen LogP contribution in [0.15, 0.2) is 0 Å². The van der Waals surface area contributed by atoms with Crippen LogP contribution in [-0.2, 0) is 9.53 Å². The van der Waals surface area contributed by atoms with Crippen LogP contribution in [0.3, 0.4) is 0 Å². The first kappa shape index (κ1) is 15.2. The van der Waals surface area contributed by atoms with Gasteiger partial charge in [0.15, 0.2) is 0 Å². The molecule has 0 fully saturated rings. The van der Waals surface area contributed by atoms with Gasteiger partial charge in [0.1, 0.15) is 6.04 Å². The average Bonchev–Trinajstić information content (AvgIpc) is 2.08. The Hall–Kier alpha value is -0.820. The minimum Gasteiger partial charge on any atom is -0.480 e. The molecule has 1 N–H and O–H groups in total. The van der Waals surface area contributed by atoms with Crippen LogP contribution >= 0.6 is 0 Å². The predicted octanol–water partition coefficient (Wildman–Crippen LogP) is 1.36. The maximum absolute atomic E-state index is 12.3. The van der Waals surface area contributed by atoms with E-state index < -0.39 is 30.8 Å². The molecule has 0 radical (unpaired) electrons. The van der Waals surface area contributed by atoms with Crippen LogP contribution < -0.4 is 0 Å². The Morgan fingerprint density at radius 2 is 1.94 bits per heavy atom.